The molecule has 4 rings (SSSR count). The van der Waals surface area contributed by atoms with Gasteiger partial charge in [0.15, 0.2) is 0 Å². The number of benzene rings is 1. The molecule has 0 radical (unpaired) electrons. The second-order valence-corrected chi connectivity index (χ2v) is 7.84. The lowest BCUT2D eigenvalue weighted by Crippen LogP contribution is -2.19. The summed E-state index contributed by atoms with van der Waals surface area (Å²) in [6.45, 7) is 4.10. The van der Waals surface area contributed by atoms with Crippen LogP contribution in [-0.2, 0) is 11.3 Å². The highest BCUT2D eigenvalue weighted by Crippen LogP contribution is 2.28. The molecule has 0 saturated heterocycles. The van der Waals surface area contributed by atoms with Crippen LogP contribution in [0.2, 0.25) is 0 Å². The van der Waals surface area contributed by atoms with Crippen LogP contribution in [0.25, 0.3) is 5.69 Å². The SMILES string of the molecule is Cc1c(C#N)c(NC(=O)CSc2nnnn2-c2cccc(F)c2)n(Cc2ccco2)c1C. The molecule has 0 aliphatic heterocycles. The molecule has 11 heteroatoms. The van der Waals surface area contributed by atoms with E-state index < -0.39 is 5.82 Å². The fourth-order valence-electron chi connectivity index (χ4n) is 3.22. The van der Waals surface area contributed by atoms with Gasteiger partial charge < -0.3 is 14.3 Å². The van der Waals surface area contributed by atoms with E-state index in [0.717, 1.165) is 23.0 Å². The average Bonchev–Trinajstić information content (AvgIpc) is 3.51. The Morgan fingerprint density at radius 3 is 2.88 bits per heavy atom. The van der Waals surface area contributed by atoms with E-state index in [1.807, 2.05) is 24.5 Å². The van der Waals surface area contributed by atoms with Crippen molar-refractivity contribution in [3.05, 3.63) is 71.1 Å². The minimum atomic E-state index is -0.418. The maximum atomic E-state index is 13.5. The van der Waals surface area contributed by atoms with Gasteiger partial charge in [0, 0.05) is 5.69 Å². The van der Waals surface area contributed by atoms with Gasteiger partial charge in [-0.25, -0.2) is 4.39 Å². The standard InChI is InChI=1S/C21H18FN7O2S/c1-13-14(2)28(11-17-7-4-8-31-17)20(18(13)10-23)24-19(30)12-32-21-25-26-27-29(21)16-6-3-5-15(22)9-16/h3-9H,11-12H2,1-2H3,(H,24,30). The van der Waals surface area contributed by atoms with Crippen LogP contribution in [0.4, 0.5) is 10.2 Å². The first-order chi connectivity index (χ1) is 15.5. The van der Waals surface area contributed by atoms with Crippen LogP contribution in [0.5, 0.6) is 0 Å². The van der Waals surface area contributed by atoms with Crippen LogP contribution < -0.4 is 5.32 Å². The van der Waals surface area contributed by atoms with Crippen LogP contribution in [-0.4, -0.2) is 36.4 Å². The molecule has 0 aliphatic carbocycles. The van der Waals surface area contributed by atoms with Crippen molar-refractivity contribution in [2.75, 3.05) is 11.1 Å². The molecule has 1 N–H and O–H groups in total. The number of nitrogens with one attached hydrogen (secondary N) is 1. The molecule has 3 heterocycles. The number of tetrazole rings is 1. The predicted octanol–water partition coefficient (Wildman–Crippen LogP) is 3.46. The molecular formula is C21H18FN7O2S. The lowest BCUT2D eigenvalue weighted by Gasteiger charge is -2.12. The molecule has 4 aromatic rings. The summed E-state index contributed by atoms with van der Waals surface area (Å²) in [5.74, 6) is 0.350. The fraction of sp³-hybridized carbons (Fsp3) is 0.190. The number of hydrogen-bond donors (Lipinski definition) is 1. The summed E-state index contributed by atoms with van der Waals surface area (Å²) in [6, 6.07) is 11.6. The third-order valence-electron chi connectivity index (χ3n) is 4.92. The lowest BCUT2D eigenvalue weighted by atomic mass is 10.2. The summed E-state index contributed by atoms with van der Waals surface area (Å²) in [4.78, 5) is 12.7. The molecule has 0 spiro atoms. The molecule has 162 valence electrons. The van der Waals surface area contributed by atoms with Gasteiger partial charge in [-0.05, 0) is 60.2 Å². The molecule has 0 aliphatic rings. The van der Waals surface area contributed by atoms with Crippen LogP contribution >= 0.6 is 11.8 Å². The van der Waals surface area contributed by atoms with Crippen LogP contribution in [0, 0.1) is 31.0 Å². The maximum Gasteiger partial charge on any atom is 0.235 e. The second-order valence-electron chi connectivity index (χ2n) is 6.90. The summed E-state index contributed by atoms with van der Waals surface area (Å²) in [6.07, 6.45) is 1.57. The Hall–Kier alpha value is -3.91. The number of rotatable bonds is 7. The zero-order valence-corrected chi connectivity index (χ0v) is 18.1. The Morgan fingerprint density at radius 1 is 1.31 bits per heavy atom. The van der Waals surface area contributed by atoms with E-state index in [0.29, 0.717) is 34.5 Å². The number of carbonyl (C=O) groups excluding carboxylic acids is 1. The van der Waals surface area contributed by atoms with Crippen molar-refractivity contribution in [3.63, 3.8) is 0 Å². The van der Waals surface area contributed by atoms with E-state index in [1.54, 1.807) is 24.5 Å². The monoisotopic (exact) mass is 451 g/mol. The summed E-state index contributed by atoms with van der Waals surface area (Å²) >= 11 is 1.10. The Kier molecular flexibility index (Phi) is 6.04. The van der Waals surface area contributed by atoms with E-state index in [1.165, 1.54) is 16.8 Å². The number of carbonyl (C=O) groups is 1. The smallest absolute Gasteiger partial charge is 0.235 e. The normalized spacial score (nSPS) is 10.8. The van der Waals surface area contributed by atoms with Crippen LogP contribution in [0.3, 0.4) is 0 Å². The van der Waals surface area contributed by atoms with Gasteiger partial charge in [0.05, 0.1) is 29.8 Å². The molecular weight excluding hydrogens is 433 g/mol. The molecule has 1 amide bonds. The number of hydrogen-bond acceptors (Lipinski definition) is 7. The second kappa shape index (κ2) is 9.07. The fourth-order valence-corrected chi connectivity index (χ4v) is 3.91. The Bertz CT molecular complexity index is 1300. The minimum Gasteiger partial charge on any atom is -0.467 e. The number of anilines is 1. The van der Waals surface area contributed by atoms with E-state index in [-0.39, 0.29) is 11.7 Å². The molecule has 0 unspecified atom stereocenters. The number of nitrogens with zero attached hydrogens (tertiary/aromatic N) is 6. The average molecular weight is 451 g/mol. The van der Waals surface area contributed by atoms with Crippen LogP contribution in [0.15, 0.2) is 52.2 Å². The predicted molar refractivity (Wildman–Crippen MR) is 115 cm³/mol. The third kappa shape index (κ3) is 4.26. The van der Waals surface area contributed by atoms with Crippen molar-refractivity contribution in [1.29, 1.82) is 5.26 Å². The summed E-state index contributed by atoms with van der Waals surface area (Å²) in [5, 5.41) is 24.2. The topological polar surface area (TPSA) is 115 Å². The van der Waals surface area contributed by atoms with Gasteiger partial charge in [-0.3, -0.25) is 4.79 Å². The lowest BCUT2D eigenvalue weighted by molar-refractivity contribution is -0.113. The van der Waals surface area contributed by atoms with Crippen molar-refractivity contribution in [1.82, 2.24) is 24.8 Å². The molecule has 0 fully saturated rings. The van der Waals surface area contributed by atoms with Gasteiger partial charge in [0.2, 0.25) is 11.1 Å². The summed E-state index contributed by atoms with van der Waals surface area (Å²) in [5.41, 5.74) is 2.49. The highest BCUT2D eigenvalue weighted by atomic mass is 32.2. The number of furan rings is 1. The number of thioether (sulfide) groups is 1. The maximum absolute atomic E-state index is 13.5. The first-order valence-electron chi connectivity index (χ1n) is 9.57. The Balaban J connectivity index is 1.52. The van der Waals surface area contributed by atoms with E-state index in [4.69, 9.17) is 4.42 Å². The first-order valence-corrected chi connectivity index (χ1v) is 10.6. The molecule has 0 atom stereocenters. The van der Waals surface area contributed by atoms with Gasteiger partial charge in [-0.2, -0.15) is 9.94 Å². The summed E-state index contributed by atoms with van der Waals surface area (Å²) < 4.78 is 22.2. The van der Waals surface area contributed by atoms with Gasteiger partial charge in [0.25, 0.3) is 0 Å². The van der Waals surface area contributed by atoms with Crippen molar-refractivity contribution < 1.29 is 13.6 Å². The Labute approximate surface area is 186 Å². The number of halogens is 1. The molecule has 0 bridgehead atoms. The van der Waals surface area contributed by atoms with Crippen molar-refractivity contribution in [2.24, 2.45) is 0 Å². The molecule has 9 nitrogen and oxygen atoms in total. The first kappa shape index (κ1) is 21.3. The van der Waals surface area contributed by atoms with Crippen molar-refractivity contribution in [3.8, 4) is 11.8 Å². The van der Waals surface area contributed by atoms with Gasteiger partial charge in [-0.1, -0.05) is 17.8 Å². The quantitative estimate of drug-likeness (QED) is 0.428. The van der Waals surface area contributed by atoms with E-state index in [9.17, 15) is 14.4 Å². The molecule has 1 aromatic carbocycles. The molecule has 0 saturated carbocycles. The zero-order valence-electron chi connectivity index (χ0n) is 17.2. The Morgan fingerprint density at radius 2 is 2.16 bits per heavy atom. The molecule has 32 heavy (non-hydrogen) atoms. The van der Waals surface area contributed by atoms with Gasteiger partial charge in [-0.15, -0.1) is 5.10 Å². The zero-order chi connectivity index (χ0) is 22.7. The number of amides is 1. The number of nitriles is 1. The summed E-state index contributed by atoms with van der Waals surface area (Å²) in [7, 11) is 0. The van der Waals surface area contributed by atoms with Gasteiger partial charge >= 0.3 is 0 Å². The third-order valence-corrected chi connectivity index (χ3v) is 5.84. The minimum absolute atomic E-state index is 0.00934. The highest BCUT2D eigenvalue weighted by Gasteiger charge is 2.21. The number of aromatic nitrogens is 5. The van der Waals surface area contributed by atoms with E-state index in [2.05, 4.69) is 26.9 Å². The van der Waals surface area contributed by atoms with E-state index >= 15 is 0 Å². The highest BCUT2D eigenvalue weighted by molar-refractivity contribution is 7.99. The van der Waals surface area contributed by atoms with Crippen LogP contribution in [0.1, 0.15) is 22.6 Å². The van der Waals surface area contributed by atoms with Crippen molar-refractivity contribution >= 4 is 23.5 Å². The van der Waals surface area contributed by atoms with Gasteiger partial charge in [0.1, 0.15) is 23.5 Å². The largest absolute Gasteiger partial charge is 0.467 e. The van der Waals surface area contributed by atoms with Crippen molar-refractivity contribution in [2.45, 2.75) is 25.5 Å². The molecule has 3 aromatic heterocycles.